The summed E-state index contributed by atoms with van der Waals surface area (Å²) in [6.45, 7) is 1.06. The van der Waals surface area contributed by atoms with Crippen LogP contribution in [0.25, 0.3) is 0 Å². The molecule has 1 aliphatic heterocycles. The molecular weight excluding hydrogens is 266 g/mol. The number of nitrogens with two attached hydrogens (primary N) is 1. The van der Waals surface area contributed by atoms with Crippen LogP contribution in [0, 0.1) is 0 Å². The Labute approximate surface area is 115 Å². The smallest absolute Gasteiger partial charge is 0.249 e. The summed E-state index contributed by atoms with van der Waals surface area (Å²) in [5, 5.41) is 4.68. The fourth-order valence-electron chi connectivity index (χ4n) is 2.06. The second kappa shape index (κ2) is 4.92. The summed E-state index contributed by atoms with van der Waals surface area (Å²) < 4.78 is 10.5. The van der Waals surface area contributed by atoms with Crippen LogP contribution in [0.4, 0.5) is 0 Å². The third kappa shape index (κ3) is 2.63. The molecule has 2 heterocycles. The molecule has 0 radical (unpaired) electrons. The second-order valence-corrected chi connectivity index (χ2v) is 5.21. The van der Waals surface area contributed by atoms with Crippen molar-refractivity contribution in [1.29, 1.82) is 0 Å². The predicted molar refractivity (Wildman–Crippen MR) is 69.9 cm³/mol. The van der Waals surface area contributed by atoms with Gasteiger partial charge in [-0.05, 0) is 24.1 Å². The number of hydrogen-bond acceptors (Lipinski definition) is 5. The monoisotopic (exact) mass is 279 g/mol. The standard InChI is InChI=1S/C13H14ClN3O2/c14-10-3-1-9(2-4-10)7-11-16-12(19-17-11)13(15)5-6-18-8-13/h1-4H,5-8,15H2. The first-order chi connectivity index (χ1) is 9.16. The second-order valence-electron chi connectivity index (χ2n) is 4.78. The van der Waals surface area contributed by atoms with Gasteiger partial charge in [-0.15, -0.1) is 0 Å². The van der Waals surface area contributed by atoms with E-state index in [4.69, 9.17) is 26.6 Å². The Bertz CT molecular complexity index is 562. The van der Waals surface area contributed by atoms with Crippen molar-refractivity contribution in [1.82, 2.24) is 10.1 Å². The van der Waals surface area contributed by atoms with E-state index in [1.165, 1.54) is 0 Å². The van der Waals surface area contributed by atoms with Gasteiger partial charge in [-0.1, -0.05) is 28.9 Å². The average Bonchev–Trinajstić information content (AvgIpc) is 3.02. The van der Waals surface area contributed by atoms with Crippen LogP contribution in [-0.4, -0.2) is 23.4 Å². The molecule has 0 saturated carbocycles. The number of halogens is 1. The van der Waals surface area contributed by atoms with Crippen molar-refractivity contribution in [2.24, 2.45) is 5.73 Å². The molecule has 100 valence electrons. The topological polar surface area (TPSA) is 74.2 Å². The summed E-state index contributed by atoms with van der Waals surface area (Å²) in [5.74, 6) is 1.07. The van der Waals surface area contributed by atoms with E-state index in [0.29, 0.717) is 42.8 Å². The predicted octanol–water partition coefficient (Wildman–Crippen LogP) is 1.89. The highest BCUT2D eigenvalue weighted by Gasteiger charge is 2.38. The highest BCUT2D eigenvalue weighted by molar-refractivity contribution is 6.30. The zero-order valence-electron chi connectivity index (χ0n) is 10.3. The number of aromatic nitrogens is 2. The van der Waals surface area contributed by atoms with Gasteiger partial charge in [-0.25, -0.2) is 0 Å². The van der Waals surface area contributed by atoms with Crippen LogP contribution in [0.5, 0.6) is 0 Å². The molecule has 2 aromatic rings. The molecule has 0 aliphatic carbocycles. The fourth-order valence-corrected chi connectivity index (χ4v) is 2.19. The van der Waals surface area contributed by atoms with E-state index in [9.17, 15) is 0 Å². The van der Waals surface area contributed by atoms with Gasteiger partial charge in [-0.3, -0.25) is 0 Å². The van der Waals surface area contributed by atoms with Gasteiger partial charge in [0.1, 0.15) is 5.54 Å². The molecule has 0 bridgehead atoms. The molecule has 2 N–H and O–H groups in total. The Balaban J connectivity index is 1.76. The summed E-state index contributed by atoms with van der Waals surface area (Å²) >= 11 is 5.84. The Kier molecular flexibility index (Phi) is 3.26. The van der Waals surface area contributed by atoms with Crippen LogP contribution in [0.2, 0.25) is 5.02 Å². The zero-order chi connectivity index (χ0) is 13.3. The SMILES string of the molecule is NC1(c2nc(Cc3ccc(Cl)cc3)no2)CCOC1. The van der Waals surface area contributed by atoms with Crippen molar-refractivity contribution in [3.05, 3.63) is 46.6 Å². The molecule has 3 rings (SSSR count). The van der Waals surface area contributed by atoms with E-state index in [-0.39, 0.29) is 0 Å². The first kappa shape index (κ1) is 12.6. The van der Waals surface area contributed by atoms with Crippen LogP contribution in [0.15, 0.2) is 28.8 Å². The summed E-state index contributed by atoms with van der Waals surface area (Å²) in [7, 11) is 0. The maximum Gasteiger partial charge on any atom is 0.249 e. The normalized spacial score (nSPS) is 22.8. The summed E-state index contributed by atoms with van der Waals surface area (Å²) in [5.41, 5.74) is 6.61. The van der Waals surface area contributed by atoms with Gasteiger partial charge in [0.05, 0.1) is 6.61 Å². The average molecular weight is 280 g/mol. The third-order valence-corrected chi connectivity index (χ3v) is 3.47. The molecule has 0 spiro atoms. The Hall–Kier alpha value is -1.43. The van der Waals surface area contributed by atoms with Crippen molar-refractivity contribution in [3.8, 4) is 0 Å². The zero-order valence-corrected chi connectivity index (χ0v) is 11.1. The maximum absolute atomic E-state index is 6.17. The molecular formula is C13H14ClN3O2. The quantitative estimate of drug-likeness (QED) is 0.929. The minimum Gasteiger partial charge on any atom is -0.379 e. The highest BCUT2D eigenvalue weighted by Crippen LogP contribution is 2.26. The Morgan fingerprint density at radius 2 is 2.11 bits per heavy atom. The van der Waals surface area contributed by atoms with Crippen LogP contribution < -0.4 is 5.73 Å². The van der Waals surface area contributed by atoms with Gasteiger partial charge < -0.3 is 15.0 Å². The van der Waals surface area contributed by atoms with E-state index in [1.807, 2.05) is 24.3 Å². The summed E-state index contributed by atoms with van der Waals surface area (Å²) in [6.07, 6.45) is 1.30. The number of ether oxygens (including phenoxy) is 1. The van der Waals surface area contributed by atoms with Gasteiger partial charge in [0.15, 0.2) is 5.82 Å². The minimum atomic E-state index is -0.634. The molecule has 1 aromatic carbocycles. The largest absolute Gasteiger partial charge is 0.379 e. The molecule has 1 aliphatic rings. The van der Waals surface area contributed by atoms with E-state index in [1.54, 1.807) is 0 Å². The van der Waals surface area contributed by atoms with Gasteiger partial charge in [-0.2, -0.15) is 4.98 Å². The molecule has 1 unspecified atom stereocenters. The van der Waals surface area contributed by atoms with Crippen molar-refractivity contribution in [2.75, 3.05) is 13.2 Å². The maximum atomic E-state index is 6.17. The number of benzene rings is 1. The lowest BCUT2D eigenvalue weighted by molar-refractivity contribution is 0.166. The molecule has 1 fully saturated rings. The number of nitrogens with zero attached hydrogens (tertiary/aromatic N) is 2. The van der Waals surface area contributed by atoms with Gasteiger partial charge in [0.2, 0.25) is 5.89 Å². The van der Waals surface area contributed by atoms with E-state index in [0.717, 1.165) is 5.56 Å². The van der Waals surface area contributed by atoms with Crippen LogP contribution in [0.1, 0.15) is 23.7 Å². The lowest BCUT2D eigenvalue weighted by atomic mass is 10.0. The molecule has 5 nitrogen and oxygen atoms in total. The Morgan fingerprint density at radius 3 is 2.79 bits per heavy atom. The van der Waals surface area contributed by atoms with Crippen LogP contribution in [-0.2, 0) is 16.7 Å². The number of hydrogen-bond donors (Lipinski definition) is 1. The lowest BCUT2D eigenvalue weighted by Crippen LogP contribution is -2.37. The molecule has 1 saturated heterocycles. The van der Waals surface area contributed by atoms with Gasteiger partial charge in [0, 0.05) is 18.1 Å². The van der Waals surface area contributed by atoms with Crippen LogP contribution >= 0.6 is 11.6 Å². The fraction of sp³-hybridized carbons (Fsp3) is 0.385. The van der Waals surface area contributed by atoms with Crippen molar-refractivity contribution in [2.45, 2.75) is 18.4 Å². The molecule has 6 heteroatoms. The first-order valence-electron chi connectivity index (χ1n) is 6.10. The van der Waals surface area contributed by atoms with E-state index < -0.39 is 5.54 Å². The minimum absolute atomic E-state index is 0.426. The van der Waals surface area contributed by atoms with Gasteiger partial charge >= 0.3 is 0 Å². The van der Waals surface area contributed by atoms with Crippen molar-refractivity contribution < 1.29 is 9.26 Å². The third-order valence-electron chi connectivity index (χ3n) is 3.22. The number of rotatable bonds is 3. The molecule has 0 amide bonds. The summed E-state index contributed by atoms with van der Waals surface area (Å²) in [4.78, 5) is 4.37. The molecule has 1 aromatic heterocycles. The Morgan fingerprint density at radius 1 is 1.32 bits per heavy atom. The summed E-state index contributed by atoms with van der Waals surface area (Å²) in [6, 6.07) is 7.56. The van der Waals surface area contributed by atoms with E-state index in [2.05, 4.69) is 10.1 Å². The van der Waals surface area contributed by atoms with Crippen LogP contribution in [0.3, 0.4) is 0 Å². The molecule has 1 atom stereocenters. The van der Waals surface area contributed by atoms with Crippen molar-refractivity contribution >= 4 is 11.6 Å². The lowest BCUT2D eigenvalue weighted by Gasteiger charge is -2.14. The molecule has 19 heavy (non-hydrogen) atoms. The van der Waals surface area contributed by atoms with Crippen molar-refractivity contribution in [3.63, 3.8) is 0 Å². The first-order valence-corrected chi connectivity index (χ1v) is 6.48. The van der Waals surface area contributed by atoms with Gasteiger partial charge in [0.25, 0.3) is 0 Å². The highest BCUT2D eigenvalue weighted by atomic mass is 35.5. The van der Waals surface area contributed by atoms with E-state index >= 15 is 0 Å².